The van der Waals surface area contributed by atoms with E-state index in [1.165, 1.54) is 28.7 Å². The first kappa shape index (κ1) is 22.5. The van der Waals surface area contributed by atoms with E-state index in [1.54, 1.807) is 4.90 Å². The molecule has 3 aromatic rings. The number of carbonyl (C=O) groups is 2. The molecule has 0 radical (unpaired) electrons. The maximum atomic E-state index is 12.5. The third kappa shape index (κ3) is 5.55. The van der Waals surface area contributed by atoms with Crippen LogP contribution in [-0.2, 0) is 9.59 Å². The number of nitrogens with one attached hydrogen (secondary N) is 1. The first-order valence-corrected chi connectivity index (χ1v) is 12.6. The number of hydrogen-bond acceptors (Lipinski definition) is 6. The summed E-state index contributed by atoms with van der Waals surface area (Å²) in [6.07, 6.45) is 2.48. The Morgan fingerprint density at radius 1 is 1.09 bits per heavy atom. The molecule has 166 valence electrons. The zero-order chi connectivity index (χ0) is 22.5. The lowest BCUT2D eigenvalue weighted by atomic mass is 10.0. The lowest BCUT2D eigenvalue weighted by Gasteiger charge is -2.17. The number of rotatable bonds is 9. The van der Waals surface area contributed by atoms with Crippen molar-refractivity contribution in [1.29, 1.82) is 0 Å². The van der Waals surface area contributed by atoms with Gasteiger partial charge in [-0.3, -0.25) is 14.5 Å². The van der Waals surface area contributed by atoms with Gasteiger partial charge in [0.25, 0.3) is 0 Å². The van der Waals surface area contributed by atoms with Crippen LogP contribution in [0.3, 0.4) is 0 Å². The van der Waals surface area contributed by atoms with Crippen molar-refractivity contribution < 1.29 is 9.59 Å². The largest absolute Gasteiger partial charge is 0.349 e. The fraction of sp³-hybridized carbons (Fsp3) is 0.333. The molecule has 0 saturated heterocycles. The van der Waals surface area contributed by atoms with Crippen LogP contribution < -0.4 is 10.2 Å². The average molecular weight is 467 g/mol. The first-order valence-electron chi connectivity index (χ1n) is 10.8. The zero-order valence-corrected chi connectivity index (χ0v) is 19.8. The molecule has 0 bridgehead atoms. The van der Waals surface area contributed by atoms with E-state index in [2.05, 4.69) is 51.9 Å². The molecule has 4 rings (SSSR count). The number of nitrogens with zero attached hydrogens (tertiary/aromatic N) is 3. The van der Waals surface area contributed by atoms with Crippen molar-refractivity contribution >= 4 is 40.0 Å². The molecule has 1 saturated carbocycles. The standard InChI is InChI=1S/C24H26N4O2S2/c1-3-22(30)28(20-13-14-20)23-26-27-24(32-23)31-15-21(29)25-16(2)17-9-11-19(12-10-17)18-7-5-4-6-8-18/h4-12,16,20H,3,13-15H2,1-2H3,(H,25,29)/t16-/m0/s1. The Bertz CT molecular complexity index is 1070. The number of anilines is 1. The molecule has 2 amide bonds. The van der Waals surface area contributed by atoms with Crippen LogP contribution in [0.4, 0.5) is 5.13 Å². The van der Waals surface area contributed by atoms with Crippen molar-refractivity contribution in [1.82, 2.24) is 15.5 Å². The van der Waals surface area contributed by atoms with Gasteiger partial charge in [-0.05, 0) is 36.5 Å². The molecule has 1 atom stereocenters. The summed E-state index contributed by atoms with van der Waals surface area (Å²) in [5.41, 5.74) is 3.38. The van der Waals surface area contributed by atoms with Crippen LogP contribution in [0, 0.1) is 0 Å². The number of hydrogen-bond donors (Lipinski definition) is 1. The molecule has 0 spiro atoms. The molecule has 8 heteroatoms. The van der Waals surface area contributed by atoms with Crippen molar-refractivity contribution in [3.8, 4) is 11.1 Å². The van der Waals surface area contributed by atoms with E-state index in [4.69, 9.17) is 0 Å². The highest BCUT2D eigenvalue weighted by molar-refractivity contribution is 8.01. The highest BCUT2D eigenvalue weighted by Crippen LogP contribution is 2.36. The predicted molar refractivity (Wildman–Crippen MR) is 130 cm³/mol. The van der Waals surface area contributed by atoms with Crippen molar-refractivity contribution in [2.75, 3.05) is 10.7 Å². The van der Waals surface area contributed by atoms with Gasteiger partial charge in [-0.2, -0.15) is 0 Å². The SMILES string of the molecule is CCC(=O)N(c1nnc(SCC(=O)N[C@@H](C)c2ccc(-c3ccccc3)cc2)s1)C1CC1. The van der Waals surface area contributed by atoms with Crippen LogP contribution in [0.25, 0.3) is 11.1 Å². The number of carbonyl (C=O) groups excluding carboxylic acids is 2. The summed E-state index contributed by atoms with van der Waals surface area (Å²) in [4.78, 5) is 26.4. The van der Waals surface area contributed by atoms with Gasteiger partial charge in [0.15, 0.2) is 4.34 Å². The molecule has 1 heterocycles. The Kier molecular flexibility index (Phi) is 7.22. The Morgan fingerprint density at radius 3 is 2.44 bits per heavy atom. The van der Waals surface area contributed by atoms with Gasteiger partial charge in [0, 0.05) is 12.5 Å². The van der Waals surface area contributed by atoms with Crippen LogP contribution in [-0.4, -0.2) is 33.8 Å². The molecule has 2 aromatic carbocycles. The average Bonchev–Trinajstić information content (AvgIpc) is 3.55. The van der Waals surface area contributed by atoms with Gasteiger partial charge in [0.1, 0.15) is 0 Å². The number of amides is 2. The molecular formula is C24H26N4O2S2. The van der Waals surface area contributed by atoms with Crippen molar-refractivity contribution in [2.45, 2.75) is 49.5 Å². The Hall–Kier alpha value is -2.71. The second kappa shape index (κ2) is 10.3. The van der Waals surface area contributed by atoms with Crippen molar-refractivity contribution in [2.24, 2.45) is 0 Å². The highest BCUT2D eigenvalue weighted by Gasteiger charge is 2.35. The van der Waals surface area contributed by atoms with Crippen LogP contribution >= 0.6 is 23.1 Å². The van der Waals surface area contributed by atoms with Gasteiger partial charge in [-0.15, -0.1) is 10.2 Å². The fourth-order valence-corrected chi connectivity index (χ4v) is 5.16. The van der Waals surface area contributed by atoms with Crippen molar-refractivity contribution in [3.05, 3.63) is 60.2 Å². The fourth-order valence-electron chi connectivity index (χ4n) is 3.42. The van der Waals surface area contributed by atoms with E-state index in [9.17, 15) is 9.59 Å². The summed E-state index contributed by atoms with van der Waals surface area (Å²) in [6, 6.07) is 18.6. The summed E-state index contributed by atoms with van der Waals surface area (Å²) >= 11 is 2.73. The second-order valence-corrected chi connectivity index (χ2v) is 9.94. The quantitative estimate of drug-likeness (QED) is 0.352. The summed E-state index contributed by atoms with van der Waals surface area (Å²) in [5, 5.41) is 12.0. The zero-order valence-electron chi connectivity index (χ0n) is 18.2. The van der Waals surface area contributed by atoms with Gasteiger partial charge < -0.3 is 5.32 Å². The topological polar surface area (TPSA) is 75.2 Å². The molecule has 1 fully saturated rings. The van der Waals surface area contributed by atoms with E-state index < -0.39 is 0 Å². The molecule has 0 aliphatic heterocycles. The lowest BCUT2D eigenvalue weighted by Crippen LogP contribution is -2.32. The van der Waals surface area contributed by atoms with E-state index in [0.717, 1.165) is 24.0 Å². The smallest absolute Gasteiger partial charge is 0.230 e. The minimum atomic E-state index is -0.0922. The summed E-state index contributed by atoms with van der Waals surface area (Å²) in [6.45, 7) is 3.84. The van der Waals surface area contributed by atoms with Gasteiger partial charge in [-0.25, -0.2) is 0 Å². The minimum Gasteiger partial charge on any atom is -0.349 e. The number of benzene rings is 2. The maximum Gasteiger partial charge on any atom is 0.230 e. The Labute approximate surface area is 196 Å². The third-order valence-corrected chi connectivity index (χ3v) is 7.36. The summed E-state index contributed by atoms with van der Waals surface area (Å²) < 4.78 is 0.699. The maximum absolute atomic E-state index is 12.5. The van der Waals surface area contributed by atoms with Crippen molar-refractivity contribution in [3.63, 3.8) is 0 Å². The lowest BCUT2D eigenvalue weighted by molar-refractivity contribution is -0.119. The van der Waals surface area contributed by atoms with E-state index in [-0.39, 0.29) is 29.7 Å². The molecule has 32 heavy (non-hydrogen) atoms. The first-order chi connectivity index (χ1) is 15.5. The van der Waals surface area contributed by atoms with E-state index >= 15 is 0 Å². The molecule has 1 aliphatic rings. The summed E-state index contributed by atoms with van der Waals surface area (Å²) in [5.74, 6) is 0.270. The minimum absolute atomic E-state index is 0.0601. The van der Waals surface area contributed by atoms with Crippen LogP contribution in [0.5, 0.6) is 0 Å². The normalized spacial score (nSPS) is 14.1. The Balaban J connectivity index is 1.29. The van der Waals surface area contributed by atoms with E-state index in [1.807, 2.05) is 32.0 Å². The molecule has 1 aromatic heterocycles. The monoisotopic (exact) mass is 466 g/mol. The molecular weight excluding hydrogens is 440 g/mol. The number of thioether (sulfide) groups is 1. The molecule has 1 N–H and O–H groups in total. The molecule has 1 aliphatic carbocycles. The molecule has 0 unspecified atom stereocenters. The van der Waals surface area contributed by atoms with Crippen LogP contribution in [0.2, 0.25) is 0 Å². The third-order valence-electron chi connectivity index (χ3n) is 5.31. The number of aromatic nitrogens is 2. The van der Waals surface area contributed by atoms with Crippen LogP contribution in [0.15, 0.2) is 58.9 Å². The predicted octanol–water partition coefficient (Wildman–Crippen LogP) is 5.08. The van der Waals surface area contributed by atoms with Gasteiger partial charge in [-0.1, -0.05) is 84.6 Å². The highest BCUT2D eigenvalue weighted by atomic mass is 32.2. The second-order valence-electron chi connectivity index (χ2n) is 7.76. The Morgan fingerprint density at radius 2 is 1.78 bits per heavy atom. The van der Waals surface area contributed by atoms with Gasteiger partial charge >= 0.3 is 0 Å². The van der Waals surface area contributed by atoms with Crippen LogP contribution in [0.1, 0.15) is 44.7 Å². The van der Waals surface area contributed by atoms with E-state index in [0.29, 0.717) is 15.9 Å². The van der Waals surface area contributed by atoms with Gasteiger partial charge in [0.2, 0.25) is 16.9 Å². The molecule has 6 nitrogen and oxygen atoms in total. The summed E-state index contributed by atoms with van der Waals surface area (Å²) in [7, 11) is 0. The van der Waals surface area contributed by atoms with Gasteiger partial charge in [0.05, 0.1) is 11.8 Å².